The summed E-state index contributed by atoms with van der Waals surface area (Å²) in [7, 11) is 0. The maximum atomic E-state index is 12.9. The molecule has 0 radical (unpaired) electrons. The van der Waals surface area contributed by atoms with Gasteiger partial charge in [-0.1, -0.05) is 0 Å². The van der Waals surface area contributed by atoms with Gasteiger partial charge in [0.15, 0.2) is 0 Å². The number of carbonyl (C=O) groups is 1. The number of amides is 1. The second-order valence-electron chi connectivity index (χ2n) is 7.49. The van der Waals surface area contributed by atoms with Crippen LogP contribution in [0.2, 0.25) is 0 Å². The Bertz CT molecular complexity index is 877. The summed E-state index contributed by atoms with van der Waals surface area (Å²) in [5.74, 6) is 0.690. The first-order valence-electron chi connectivity index (χ1n) is 9.65. The van der Waals surface area contributed by atoms with Gasteiger partial charge in [-0.25, -0.2) is 18.7 Å². The summed E-state index contributed by atoms with van der Waals surface area (Å²) in [6.45, 7) is 5.34. The van der Waals surface area contributed by atoms with E-state index in [1.807, 2.05) is 6.20 Å². The van der Waals surface area contributed by atoms with E-state index in [-0.39, 0.29) is 17.6 Å². The molecule has 4 heterocycles. The molecule has 4 rings (SSSR count). The molecule has 0 aromatic carbocycles. The Morgan fingerprint density at radius 2 is 2.21 bits per heavy atom. The van der Waals surface area contributed by atoms with Crippen LogP contribution in [0.5, 0.6) is 0 Å². The summed E-state index contributed by atoms with van der Waals surface area (Å²) < 4.78 is 27.2. The van der Waals surface area contributed by atoms with Gasteiger partial charge >= 0.3 is 0 Å². The third-order valence-electron chi connectivity index (χ3n) is 5.53. The molecule has 0 saturated carbocycles. The first-order valence-corrected chi connectivity index (χ1v) is 9.65. The number of hydrogen-bond donors (Lipinski definition) is 1. The Balaban J connectivity index is 1.48. The molecule has 9 heteroatoms. The lowest BCUT2D eigenvalue weighted by Gasteiger charge is -2.31. The number of halogens is 2. The van der Waals surface area contributed by atoms with Crippen LogP contribution in [-0.4, -0.2) is 43.6 Å². The van der Waals surface area contributed by atoms with Crippen LogP contribution in [0.3, 0.4) is 0 Å². The largest absolute Gasteiger partial charge is 0.336 e. The molecule has 2 atom stereocenters. The minimum absolute atomic E-state index is 0.140. The highest BCUT2D eigenvalue weighted by molar-refractivity contribution is 5.80. The van der Waals surface area contributed by atoms with Gasteiger partial charge in [-0.15, -0.1) is 0 Å². The van der Waals surface area contributed by atoms with Gasteiger partial charge in [0.2, 0.25) is 5.91 Å². The van der Waals surface area contributed by atoms with Gasteiger partial charge < -0.3 is 10.2 Å². The molecule has 2 aromatic heterocycles. The van der Waals surface area contributed by atoms with Crippen molar-refractivity contribution >= 4 is 5.91 Å². The van der Waals surface area contributed by atoms with Crippen molar-refractivity contribution in [2.45, 2.75) is 58.2 Å². The smallest absolute Gasteiger partial charge is 0.282 e. The quantitative estimate of drug-likeness (QED) is 0.868. The second kappa shape index (κ2) is 7.54. The number of aryl methyl sites for hydroxylation is 1. The van der Waals surface area contributed by atoms with Gasteiger partial charge in [-0.3, -0.25) is 9.48 Å². The molecule has 1 N–H and O–H groups in total. The molecule has 7 nitrogen and oxygen atoms in total. The van der Waals surface area contributed by atoms with Gasteiger partial charge in [0.05, 0.1) is 11.7 Å². The standard InChI is InChI=1S/C19H24F2N6O/c1-11-8-16(17(20)21)25-27(11)12(2)19(28)26-7-5-14-13(10-26)9-23-18(24-14)15-4-3-6-22-15/h8-9,12,15,17,22H,3-7,10H2,1-2H3/t12-,15+/m1/s1. The maximum Gasteiger partial charge on any atom is 0.282 e. The molecule has 1 saturated heterocycles. The normalized spacial score (nSPS) is 20.5. The van der Waals surface area contributed by atoms with Crippen molar-refractivity contribution in [3.8, 4) is 0 Å². The van der Waals surface area contributed by atoms with E-state index in [0.717, 1.165) is 36.5 Å². The molecular formula is C19H24F2N6O. The third-order valence-corrected chi connectivity index (χ3v) is 5.53. The van der Waals surface area contributed by atoms with Crippen molar-refractivity contribution in [2.24, 2.45) is 0 Å². The zero-order valence-corrected chi connectivity index (χ0v) is 16.0. The lowest BCUT2D eigenvalue weighted by atomic mass is 10.1. The predicted octanol–water partition coefficient (Wildman–Crippen LogP) is 2.49. The minimum atomic E-state index is -2.65. The summed E-state index contributed by atoms with van der Waals surface area (Å²) in [5.41, 5.74) is 2.18. The van der Waals surface area contributed by atoms with Gasteiger partial charge in [0.1, 0.15) is 17.6 Å². The molecule has 2 aliphatic rings. The van der Waals surface area contributed by atoms with Crippen molar-refractivity contribution in [3.05, 3.63) is 40.7 Å². The lowest BCUT2D eigenvalue weighted by molar-refractivity contribution is -0.135. The Morgan fingerprint density at radius 1 is 1.39 bits per heavy atom. The average molecular weight is 390 g/mol. The van der Waals surface area contributed by atoms with E-state index in [9.17, 15) is 13.6 Å². The van der Waals surface area contributed by atoms with Crippen molar-refractivity contribution < 1.29 is 13.6 Å². The fourth-order valence-electron chi connectivity index (χ4n) is 3.97. The maximum absolute atomic E-state index is 12.9. The Hall–Kier alpha value is -2.42. The topological polar surface area (TPSA) is 75.9 Å². The molecule has 0 spiro atoms. The fourth-order valence-corrected chi connectivity index (χ4v) is 3.97. The first kappa shape index (κ1) is 18.9. The molecular weight excluding hydrogens is 366 g/mol. The summed E-state index contributed by atoms with van der Waals surface area (Å²) in [4.78, 5) is 23.9. The number of aromatic nitrogens is 4. The first-order chi connectivity index (χ1) is 13.4. The number of hydrogen-bond acceptors (Lipinski definition) is 5. The summed E-state index contributed by atoms with van der Waals surface area (Å²) in [6, 6.07) is 0.903. The fraction of sp³-hybridized carbons (Fsp3) is 0.579. The summed E-state index contributed by atoms with van der Waals surface area (Å²) in [5, 5.41) is 7.31. The zero-order valence-electron chi connectivity index (χ0n) is 16.0. The van der Waals surface area contributed by atoms with E-state index >= 15 is 0 Å². The van der Waals surface area contributed by atoms with Crippen molar-refractivity contribution in [1.29, 1.82) is 0 Å². The van der Waals surface area contributed by atoms with Gasteiger partial charge in [-0.05, 0) is 39.3 Å². The van der Waals surface area contributed by atoms with Gasteiger partial charge in [0.25, 0.3) is 6.43 Å². The van der Waals surface area contributed by atoms with E-state index in [4.69, 9.17) is 4.98 Å². The molecule has 0 aliphatic carbocycles. The number of alkyl halides is 2. The van der Waals surface area contributed by atoms with Crippen LogP contribution < -0.4 is 5.32 Å². The highest BCUT2D eigenvalue weighted by Gasteiger charge is 2.29. The van der Waals surface area contributed by atoms with Crippen LogP contribution in [0.15, 0.2) is 12.3 Å². The molecule has 0 bridgehead atoms. The SMILES string of the molecule is Cc1cc(C(F)F)nn1[C@H](C)C(=O)N1CCc2nc([C@@H]3CCCN3)ncc2C1. The van der Waals surface area contributed by atoms with Crippen LogP contribution in [-0.2, 0) is 17.8 Å². The molecule has 1 amide bonds. The van der Waals surface area contributed by atoms with Crippen molar-refractivity contribution in [1.82, 2.24) is 30.0 Å². The number of rotatable bonds is 4. The highest BCUT2D eigenvalue weighted by Crippen LogP contribution is 2.25. The molecule has 2 aromatic rings. The van der Waals surface area contributed by atoms with Crippen LogP contribution in [0.1, 0.15) is 66.7 Å². The number of carbonyl (C=O) groups excluding carboxylic acids is 1. The van der Waals surface area contributed by atoms with Gasteiger partial charge in [-0.2, -0.15) is 5.10 Å². The van der Waals surface area contributed by atoms with E-state index in [1.165, 1.54) is 10.7 Å². The lowest BCUT2D eigenvalue weighted by Crippen LogP contribution is -2.40. The number of nitrogens with zero attached hydrogens (tertiary/aromatic N) is 5. The monoisotopic (exact) mass is 390 g/mol. The van der Waals surface area contributed by atoms with Crippen LogP contribution >= 0.6 is 0 Å². The van der Waals surface area contributed by atoms with Crippen LogP contribution in [0, 0.1) is 6.92 Å². The average Bonchev–Trinajstić information content (AvgIpc) is 3.36. The Kier molecular flexibility index (Phi) is 5.09. The third kappa shape index (κ3) is 3.50. The van der Waals surface area contributed by atoms with Crippen LogP contribution in [0.4, 0.5) is 8.78 Å². The molecule has 28 heavy (non-hydrogen) atoms. The van der Waals surface area contributed by atoms with E-state index in [2.05, 4.69) is 15.4 Å². The van der Waals surface area contributed by atoms with E-state index in [1.54, 1.807) is 18.7 Å². The predicted molar refractivity (Wildman–Crippen MR) is 97.8 cm³/mol. The second-order valence-corrected chi connectivity index (χ2v) is 7.49. The minimum Gasteiger partial charge on any atom is -0.336 e. The number of nitrogens with one attached hydrogen (secondary N) is 1. The Labute approximate surface area is 162 Å². The number of fused-ring (bicyclic) bond motifs is 1. The van der Waals surface area contributed by atoms with Crippen LogP contribution in [0.25, 0.3) is 0 Å². The molecule has 2 aliphatic heterocycles. The van der Waals surface area contributed by atoms with E-state index < -0.39 is 12.5 Å². The zero-order chi connectivity index (χ0) is 19.8. The van der Waals surface area contributed by atoms with Crippen molar-refractivity contribution in [2.75, 3.05) is 13.1 Å². The Morgan fingerprint density at radius 3 is 2.89 bits per heavy atom. The summed E-state index contributed by atoms with van der Waals surface area (Å²) >= 11 is 0. The van der Waals surface area contributed by atoms with Crippen molar-refractivity contribution in [3.63, 3.8) is 0 Å². The van der Waals surface area contributed by atoms with E-state index in [0.29, 0.717) is 25.2 Å². The molecule has 150 valence electrons. The summed E-state index contributed by atoms with van der Waals surface area (Å²) in [6.07, 6.45) is 2.01. The van der Waals surface area contributed by atoms with Gasteiger partial charge in [0, 0.05) is 37.0 Å². The molecule has 1 fully saturated rings. The molecule has 0 unspecified atom stereocenters. The highest BCUT2D eigenvalue weighted by atomic mass is 19.3.